The molecule has 1 aliphatic carbocycles. The zero-order chi connectivity index (χ0) is 82.3. The number of esters is 2. The number of nitrogens with two attached hydrogens (primary N) is 1. The quantitative estimate of drug-likeness (QED) is 0.0188. The van der Waals surface area contributed by atoms with Gasteiger partial charge in [-0.15, -0.1) is 19.7 Å². The molecule has 1 saturated carbocycles. The van der Waals surface area contributed by atoms with Crippen LogP contribution >= 0.6 is 15.6 Å². The van der Waals surface area contributed by atoms with Crippen LogP contribution < -0.4 is 11.1 Å². The van der Waals surface area contributed by atoms with E-state index in [1.165, 1.54) is 60.1 Å². The van der Waals surface area contributed by atoms with E-state index in [2.05, 4.69) is 44.5 Å². The zero-order valence-electron chi connectivity index (χ0n) is 61.7. The van der Waals surface area contributed by atoms with Crippen molar-refractivity contribution in [2.45, 2.75) is 200 Å². The van der Waals surface area contributed by atoms with Crippen molar-refractivity contribution in [3.8, 4) is 6.07 Å². The van der Waals surface area contributed by atoms with Crippen LogP contribution in [-0.4, -0.2) is 280 Å². The highest BCUT2D eigenvalue weighted by Gasteiger charge is 2.54. The van der Waals surface area contributed by atoms with Gasteiger partial charge in [0.25, 0.3) is 11.8 Å². The lowest BCUT2D eigenvalue weighted by molar-refractivity contribution is -0.165. The number of carbonyl (C=O) groups excluding carboxylic acids is 6. The van der Waals surface area contributed by atoms with Crippen molar-refractivity contribution in [3.05, 3.63) is 62.8 Å². The number of phosphoric acid groups is 2. The molecule has 620 valence electrons. The number of likely N-dealkylation sites (N-methyl/N-ethyl adjacent to an activating group) is 3. The topological polar surface area (TPSA) is 485 Å². The monoisotopic (exact) mass is 1630 g/mol. The molecule has 0 radical (unpaired) electrons. The molecule has 5 fully saturated rings. The maximum atomic E-state index is 14.2. The van der Waals surface area contributed by atoms with Gasteiger partial charge in [-0.25, -0.2) is 64.8 Å². The number of fused-ring (bicyclic) bond motifs is 1. The van der Waals surface area contributed by atoms with E-state index < -0.39 is 149 Å². The molecule has 4 amide bonds. The molecule has 6 aliphatic rings. The van der Waals surface area contributed by atoms with Crippen molar-refractivity contribution in [3.63, 3.8) is 0 Å². The van der Waals surface area contributed by atoms with Crippen LogP contribution in [0.15, 0.2) is 62.8 Å². The number of carboxylic acids is 1. The molecule has 111 heavy (non-hydrogen) atoms. The number of amidine groups is 1. The Labute approximate surface area is 636 Å². The van der Waals surface area contributed by atoms with Gasteiger partial charge in [0, 0.05) is 118 Å². The second-order valence-corrected chi connectivity index (χ2v) is 30.2. The van der Waals surface area contributed by atoms with E-state index >= 15 is 0 Å². The normalized spacial score (nSPS) is 25.1. The fourth-order valence-corrected chi connectivity index (χ4v) is 14.4. The molecule has 5 aliphatic heterocycles. The summed E-state index contributed by atoms with van der Waals surface area (Å²) in [6, 6.07) is -1.35. The number of nitriles is 1. The highest BCUT2D eigenvalue weighted by Crippen LogP contribution is 2.50. The van der Waals surface area contributed by atoms with Crippen molar-refractivity contribution in [1.82, 2.24) is 49.3 Å². The Morgan fingerprint density at radius 1 is 0.739 bits per heavy atom. The third-order valence-electron chi connectivity index (χ3n) is 19.7. The zero-order valence-corrected chi connectivity index (χ0v) is 63.5. The number of halogens is 6. The number of aromatic nitrogens is 4. The molecule has 2 aromatic rings. The number of aliphatic hydroxyl groups is 2. The lowest BCUT2D eigenvalue weighted by atomic mass is 9.83. The number of carboxylic acid groups (broad SMARTS) is 1. The Balaban J connectivity index is 0.000000332. The number of nitrogens with one attached hydrogen (secondary N) is 2. The molecule has 2 unspecified atom stereocenters. The number of nitrogen functional groups attached to an aromatic ring is 1. The predicted molar refractivity (Wildman–Crippen MR) is 380 cm³/mol. The minimum atomic E-state index is -5.44. The fraction of sp³-hybridized carbons (Fsp3) is 0.676. The predicted octanol–water partition coefficient (Wildman–Crippen LogP) is 4.95. The van der Waals surface area contributed by atoms with Crippen molar-refractivity contribution in [1.29, 1.82) is 10.7 Å². The van der Waals surface area contributed by atoms with E-state index in [4.69, 9.17) is 44.4 Å². The van der Waals surface area contributed by atoms with Crippen molar-refractivity contribution < 1.29 is 132 Å². The first kappa shape index (κ1) is 92.2. The minimum Gasteiger partial charge on any atom is -0.480 e. The van der Waals surface area contributed by atoms with Gasteiger partial charge < -0.3 is 84.5 Å². The number of rotatable bonds is 36. The second-order valence-electron chi connectivity index (χ2n) is 27.6. The number of imidazole rings is 1. The third-order valence-corrected chi connectivity index (χ3v) is 21.2. The first-order chi connectivity index (χ1) is 52.1. The molecule has 0 spiro atoms. The average Bonchev–Trinajstić information content (AvgIpc) is 1.62. The largest absolute Gasteiger partial charge is 0.480 e. The minimum absolute atomic E-state index is 0.0117. The third kappa shape index (κ3) is 27.8. The van der Waals surface area contributed by atoms with Crippen molar-refractivity contribution >= 4 is 80.0 Å². The molecule has 43 heteroatoms. The number of amides is 4. The molecular weight excluding hydrogens is 1530 g/mol. The number of hydrogen-bond donors (Lipinski definition) is 9. The molecule has 4 saturated heterocycles. The van der Waals surface area contributed by atoms with E-state index in [9.17, 15) is 99.0 Å². The van der Waals surface area contributed by atoms with Gasteiger partial charge in [0.2, 0.25) is 29.6 Å². The van der Waals surface area contributed by atoms with Crippen LogP contribution in [0.1, 0.15) is 122 Å². The molecule has 10 N–H and O–H groups in total. The first-order valence-electron chi connectivity index (χ1n) is 35.8. The summed E-state index contributed by atoms with van der Waals surface area (Å²) in [5.74, 6) is -14.4. The number of hydrogen-bond acceptors (Lipinski definition) is 26. The molecule has 0 bridgehead atoms. The number of phosphoric ester groups is 2. The van der Waals surface area contributed by atoms with Crippen LogP contribution in [0.5, 0.6) is 0 Å². The van der Waals surface area contributed by atoms with Gasteiger partial charge in [0.05, 0.1) is 25.5 Å². The van der Waals surface area contributed by atoms with Gasteiger partial charge in [0.15, 0.2) is 30.4 Å². The van der Waals surface area contributed by atoms with Crippen LogP contribution in [0.4, 0.5) is 32.2 Å². The van der Waals surface area contributed by atoms with Crippen molar-refractivity contribution in [2.75, 3.05) is 86.0 Å². The Kier molecular flexibility index (Phi) is 34.8. The smallest absolute Gasteiger partial charge is 0.472 e. The molecular formula is C68H99F6N13O22P2. The number of anilines is 1. The van der Waals surface area contributed by atoms with Crippen molar-refractivity contribution in [2.24, 2.45) is 11.8 Å². The highest BCUT2D eigenvalue weighted by molar-refractivity contribution is 7.47. The lowest BCUT2D eigenvalue weighted by Crippen LogP contribution is -2.47. The number of likely N-dealkylation sites (tertiary alicyclic amines) is 2. The van der Waals surface area contributed by atoms with E-state index in [1.54, 1.807) is 18.2 Å². The number of carbonyl (C=O) groups is 7. The van der Waals surface area contributed by atoms with E-state index in [0.717, 1.165) is 11.2 Å². The number of alkyl halides is 6. The van der Waals surface area contributed by atoms with Gasteiger partial charge in [-0.3, -0.25) is 42.7 Å². The SMILES string of the molecule is C=CCCC(=O)N(C)[C@@H](CCC1CCC(F)(F)CC1)C(=O)O[C@H]1[C@@H](O)[C@H](n2cnc3c(N)ncnc32)O[C@@H]1COP(=O)(O)O[C@H]1[C@@H](O)[C@H](C2C=CC(=N)NC2=O)O[C@@H]1COP(=O)(O)O.C=CCCC(=O)N(C)[C@@H](CCN1CCC(F)(F)CC1)C(=O)O.C=CCCC(=O)N(C)[C@@H](CCN1CCC(F)(F)CC1)C(=O)OCC#N. The van der Waals surface area contributed by atoms with E-state index in [-0.39, 0.29) is 176 Å². The summed E-state index contributed by atoms with van der Waals surface area (Å²) in [7, 11) is -6.28. The summed E-state index contributed by atoms with van der Waals surface area (Å²) in [4.78, 5) is 137. The fourth-order valence-electron chi connectivity index (χ4n) is 13.1. The van der Waals surface area contributed by atoms with Crippen LogP contribution in [-0.2, 0) is 75.2 Å². The van der Waals surface area contributed by atoms with E-state index in [0.29, 0.717) is 25.9 Å². The summed E-state index contributed by atoms with van der Waals surface area (Å²) in [6.45, 7) is 10.1. The summed E-state index contributed by atoms with van der Waals surface area (Å²) in [5, 5.41) is 50.7. The van der Waals surface area contributed by atoms with Gasteiger partial charge >= 0.3 is 33.6 Å². The maximum Gasteiger partial charge on any atom is 0.472 e. The summed E-state index contributed by atoms with van der Waals surface area (Å²) >= 11 is 0. The standard InChI is InChI=1S/C36H50F2N8O16P2.C17H25F2N3O3.C15H24F2N2O3/c1-3-4-5-24(47)45(2)20(8-6-18-10-12-36(37,38)13-11-18)35(51)61-29-21(60-34(27(29)49)46-17-43-25-31(40)41-16-42-32(25)46)15-58-64(55,56)62-30-22(14-57-63(52,53)54)59-28(26(30)48)19-7-9-23(39)44-33(19)50;1-3-4-5-15(23)21(2)14(16(24)25-13-9-20)6-10-22-11-7-17(18,19)8-12-22;1-3-4-5-13(20)18(2)12(14(21)22)6-9-19-10-7-15(16,17)8-11-19/h3,7,9,16-22,26-30,34,48-49H,1,4-6,8,10-15H2,2H3,(H,55,56)(H2,39,44,50)(H2,40,41,42)(H2,52,53,54);3,14H,1,4-8,10-13H2,2H3;3,12H,1,4-11H2,2H3,(H,21,22)/t19?,20-,21+,22+,26-,27+,28-,29+,30+,34+;14-;12-/m000/s1. The number of piperidine rings is 2. The van der Waals surface area contributed by atoms with Crippen LogP contribution in [0, 0.1) is 28.6 Å². The Morgan fingerprint density at radius 2 is 1.23 bits per heavy atom. The van der Waals surface area contributed by atoms with Gasteiger partial charge in [-0.05, 0) is 69.8 Å². The number of aliphatic carboxylic acids is 1. The van der Waals surface area contributed by atoms with Crippen LogP contribution in [0.3, 0.4) is 0 Å². The molecule has 0 aromatic carbocycles. The number of nitrogens with zero attached hydrogens (tertiary/aromatic N) is 10. The first-order valence-corrected chi connectivity index (χ1v) is 38.9. The Bertz CT molecular complexity index is 3720. The second kappa shape index (κ2) is 41.9. The number of allylic oxidation sites excluding steroid dienone is 3. The number of ether oxygens (including phenoxy) is 4. The molecule has 7 heterocycles. The lowest BCUT2D eigenvalue weighted by Gasteiger charge is -2.33. The highest BCUT2D eigenvalue weighted by atomic mass is 31.2. The Hall–Kier alpha value is -7.68. The van der Waals surface area contributed by atoms with Crippen LogP contribution in [0.2, 0.25) is 0 Å². The average molecular weight is 1630 g/mol. The summed E-state index contributed by atoms with van der Waals surface area (Å²) < 4.78 is 144. The molecule has 13 atom stereocenters. The molecule has 35 nitrogen and oxygen atoms in total. The van der Waals surface area contributed by atoms with Crippen LogP contribution in [0.25, 0.3) is 11.2 Å². The van der Waals surface area contributed by atoms with Gasteiger partial charge in [-0.1, -0.05) is 24.3 Å². The Morgan fingerprint density at radius 3 is 1.74 bits per heavy atom. The molecule has 8 rings (SSSR count). The van der Waals surface area contributed by atoms with Gasteiger partial charge in [0.1, 0.15) is 78.5 Å². The van der Waals surface area contributed by atoms with E-state index in [1.807, 2.05) is 9.80 Å². The summed E-state index contributed by atoms with van der Waals surface area (Å²) in [6.07, 6.45) is -3.00. The maximum absolute atomic E-state index is 14.2. The van der Waals surface area contributed by atoms with Gasteiger partial charge in [-0.2, -0.15) is 5.26 Å². The number of aliphatic hydroxyl groups excluding tert-OH is 2. The summed E-state index contributed by atoms with van der Waals surface area (Å²) in [5.41, 5.74) is 6.12. The molecule has 2 aromatic heterocycles.